The number of hydrogen-bond acceptors (Lipinski definition) is 7. The topological polar surface area (TPSA) is 127 Å². The summed E-state index contributed by atoms with van der Waals surface area (Å²) in [5.41, 5.74) is 5.64. The second kappa shape index (κ2) is 14.5. The summed E-state index contributed by atoms with van der Waals surface area (Å²) in [5, 5.41) is 6.67. The first-order valence-corrected chi connectivity index (χ1v) is 13.1. The molecule has 11 heteroatoms. The molecule has 1 aromatic heterocycles. The Hall–Kier alpha value is -4.64. The molecule has 0 spiro atoms. The summed E-state index contributed by atoms with van der Waals surface area (Å²) in [6.45, 7) is 0.447. The molecular formula is C29H28BrN5O5. The van der Waals surface area contributed by atoms with E-state index in [1.807, 2.05) is 60.7 Å². The molecule has 0 saturated carbocycles. The Balaban J connectivity index is 1.38. The Kier molecular flexibility index (Phi) is 10.3. The van der Waals surface area contributed by atoms with Gasteiger partial charge in [0.25, 0.3) is 5.91 Å². The number of nitrogens with one attached hydrogen (secondary N) is 3. The highest BCUT2D eigenvalue weighted by Crippen LogP contribution is 2.36. The second-order valence-corrected chi connectivity index (χ2v) is 9.44. The van der Waals surface area contributed by atoms with Gasteiger partial charge in [0.15, 0.2) is 11.5 Å². The summed E-state index contributed by atoms with van der Waals surface area (Å²) in [5.74, 6) is 0.514. The van der Waals surface area contributed by atoms with E-state index >= 15 is 0 Å². The van der Waals surface area contributed by atoms with Gasteiger partial charge in [0.2, 0.25) is 0 Å². The van der Waals surface area contributed by atoms with Gasteiger partial charge in [-0.25, -0.2) is 15.2 Å². The van der Waals surface area contributed by atoms with Gasteiger partial charge >= 0.3 is 6.09 Å². The van der Waals surface area contributed by atoms with E-state index < -0.39 is 18.0 Å². The SMILES string of the molecule is COc1cc(/C=N\NC(=O)[C@H](Cc2cnc[nH]2)NC(=O)OCc2ccccc2)cc(Br)c1OCc1ccccc1. The first kappa shape index (κ1) is 28.4. The minimum absolute atomic E-state index is 0.0744. The van der Waals surface area contributed by atoms with Crippen molar-refractivity contribution < 1.29 is 23.8 Å². The Bertz CT molecular complexity index is 1420. The fourth-order valence-corrected chi connectivity index (χ4v) is 4.24. The Morgan fingerprint density at radius 2 is 1.75 bits per heavy atom. The molecule has 10 nitrogen and oxygen atoms in total. The number of alkyl carbamates (subject to hydrolysis) is 1. The first-order valence-electron chi connectivity index (χ1n) is 12.3. The molecule has 0 aliphatic rings. The van der Waals surface area contributed by atoms with Crippen LogP contribution in [0.2, 0.25) is 0 Å². The number of imidazole rings is 1. The highest BCUT2D eigenvalue weighted by Gasteiger charge is 2.22. The van der Waals surface area contributed by atoms with Gasteiger partial charge in [-0.15, -0.1) is 0 Å². The predicted octanol–water partition coefficient (Wildman–Crippen LogP) is 4.75. The van der Waals surface area contributed by atoms with Gasteiger partial charge < -0.3 is 24.5 Å². The molecule has 4 aromatic rings. The van der Waals surface area contributed by atoms with E-state index in [9.17, 15) is 9.59 Å². The van der Waals surface area contributed by atoms with Crippen LogP contribution in [0.5, 0.6) is 11.5 Å². The Morgan fingerprint density at radius 1 is 1.05 bits per heavy atom. The monoisotopic (exact) mass is 605 g/mol. The second-order valence-electron chi connectivity index (χ2n) is 8.58. The maximum atomic E-state index is 13.0. The molecule has 0 fully saturated rings. The number of hydrogen-bond donors (Lipinski definition) is 3. The lowest BCUT2D eigenvalue weighted by molar-refractivity contribution is -0.123. The summed E-state index contributed by atoms with van der Waals surface area (Å²) in [6.07, 6.45) is 3.97. The van der Waals surface area contributed by atoms with Crippen molar-refractivity contribution >= 4 is 34.1 Å². The number of aromatic nitrogens is 2. The Morgan fingerprint density at radius 3 is 2.40 bits per heavy atom. The highest BCUT2D eigenvalue weighted by atomic mass is 79.9. The first-order chi connectivity index (χ1) is 19.5. The van der Waals surface area contributed by atoms with Crippen LogP contribution < -0.4 is 20.2 Å². The molecule has 40 heavy (non-hydrogen) atoms. The number of methoxy groups -OCH3 is 1. The number of ether oxygens (including phenoxy) is 3. The van der Waals surface area contributed by atoms with Crippen molar-refractivity contribution in [1.82, 2.24) is 20.7 Å². The van der Waals surface area contributed by atoms with Crippen molar-refractivity contribution in [3.05, 3.63) is 112 Å². The van der Waals surface area contributed by atoms with Crippen molar-refractivity contribution in [1.29, 1.82) is 0 Å². The van der Waals surface area contributed by atoms with Crippen molar-refractivity contribution in [3.63, 3.8) is 0 Å². The van der Waals surface area contributed by atoms with Gasteiger partial charge in [-0.1, -0.05) is 60.7 Å². The van der Waals surface area contributed by atoms with E-state index in [4.69, 9.17) is 14.2 Å². The van der Waals surface area contributed by atoms with E-state index in [1.54, 1.807) is 25.4 Å². The van der Waals surface area contributed by atoms with Crippen LogP contribution in [-0.2, 0) is 29.2 Å². The molecule has 1 heterocycles. The third-order valence-electron chi connectivity index (χ3n) is 5.67. The lowest BCUT2D eigenvalue weighted by Crippen LogP contribution is -2.47. The van der Waals surface area contributed by atoms with Crippen LogP contribution in [0.15, 0.2) is 94.9 Å². The molecule has 206 valence electrons. The minimum atomic E-state index is -0.962. The fourth-order valence-electron chi connectivity index (χ4n) is 3.67. The van der Waals surface area contributed by atoms with Crippen molar-refractivity contribution in [2.75, 3.05) is 7.11 Å². The van der Waals surface area contributed by atoms with E-state index in [-0.39, 0.29) is 13.0 Å². The molecule has 0 bridgehead atoms. The summed E-state index contributed by atoms with van der Waals surface area (Å²) in [4.78, 5) is 32.3. The number of hydrazone groups is 1. The van der Waals surface area contributed by atoms with Crippen molar-refractivity contribution in [2.45, 2.75) is 25.7 Å². The third-order valence-corrected chi connectivity index (χ3v) is 6.26. The van der Waals surface area contributed by atoms with E-state index in [2.05, 4.69) is 41.7 Å². The normalized spacial score (nSPS) is 11.6. The molecule has 3 aromatic carbocycles. The van der Waals surface area contributed by atoms with Crippen molar-refractivity contribution in [3.8, 4) is 11.5 Å². The third kappa shape index (κ3) is 8.43. The van der Waals surface area contributed by atoms with Crippen LogP contribution in [0.4, 0.5) is 4.79 Å². The van der Waals surface area contributed by atoms with Crippen LogP contribution in [0.25, 0.3) is 0 Å². The van der Waals surface area contributed by atoms with Gasteiger partial charge in [0.1, 0.15) is 19.3 Å². The lowest BCUT2D eigenvalue weighted by atomic mass is 10.1. The number of nitrogens with zero attached hydrogens (tertiary/aromatic N) is 2. The van der Waals surface area contributed by atoms with E-state index in [0.717, 1.165) is 11.1 Å². The molecule has 0 radical (unpaired) electrons. The molecular weight excluding hydrogens is 578 g/mol. The summed E-state index contributed by atoms with van der Waals surface area (Å²) < 4.78 is 17.4. The average molecular weight is 606 g/mol. The molecule has 3 N–H and O–H groups in total. The summed E-state index contributed by atoms with van der Waals surface area (Å²) in [7, 11) is 1.54. The average Bonchev–Trinajstić information content (AvgIpc) is 3.49. The lowest BCUT2D eigenvalue weighted by Gasteiger charge is -2.16. The number of halogens is 1. The standard InChI is InChI=1S/C29H28BrN5O5/c1-38-26-13-22(12-24(30)27(26)39-17-20-8-4-2-5-9-20)15-33-35-28(36)25(14-23-16-31-19-32-23)34-29(37)40-18-21-10-6-3-7-11-21/h2-13,15-16,19,25H,14,17-18H2,1H3,(H,31,32)(H,34,37)(H,35,36)/b33-15-/t25-/m0/s1. The number of benzene rings is 3. The fraction of sp³-hybridized carbons (Fsp3) is 0.172. The molecule has 0 aliphatic heterocycles. The van der Waals surface area contributed by atoms with E-state index in [0.29, 0.717) is 33.8 Å². The van der Waals surface area contributed by atoms with Gasteiger partial charge in [-0.2, -0.15) is 5.10 Å². The van der Waals surface area contributed by atoms with Gasteiger partial charge in [-0.3, -0.25) is 4.79 Å². The van der Waals surface area contributed by atoms with E-state index in [1.165, 1.54) is 12.5 Å². The summed E-state index contributed by atoms with van der Waals surface area (Å²) in [6, 6.07) is 21.6. The molecule has 0 aliphatic carbocycles. The molecule has 1 atom stereocenters. The zero-order chi connectivity index (χ0) is 28.2. The van der Waals surface area contributed by atoms with Crippen LogP contribution in [0.3, 0.4) is 0 Å². The largest absolute Gasteiger partial charge is 0.493 e. The highest BCUT2D eigenvalue weighted by molar-refractivity contribution is 9.10. The van der Waals surface area contributed by atoms with Crippen LogP contribution in [0, 0.1) is 0 Å². The van der Waals surface area contributed by atoms with Gasteiger partial charge in [0.05, 0.1) is 24.1 Å². The van der Waals surface area contributed by atoms with Crippen LogP contribution in [0.1, 0.15) is 22.4 Å². The van der Waals surface area contributed by atoms with Crippen LogP contribution in [-0.4, -0.2) is 41.3 Å². The molecule has 2 amide bonds. The number of carbonyl (C=O) groups excluding carboxylic acids is 2. The zero-order valence-electron chi connectivity index (χ0n) is 21.7. The minimum Gasteiger partial charge on any atom is -0.493 e. The quantitative estimate of drug-likeness (QED) is 0.158. The Labute approximate surface area is 239 Å². The van der Waals surface area contributed by atoms with Crippen molar-refractivity contribution in [2.24, 2.45) is 5.10 Å². The number of amides is 2. The maximum absolute atomic E-state index is 13.0. The summed E-state index contributed by atoms with van der Waals surface area (Å²) >= 11 is 3.52. The zero-order valence-corrected chi connectivity index (χ0v) is 23.3. The predicted molar refractivity (Wildman–Crippen MR) is 153 cm³/mol. The number of carbonyl (C=O) groups is 2. The maximum Gasteiger partial charge on any atom is 0.408 e. The number of H-pyrrole nitrogens is 1. The smallest absolute Gasteiger partial charge is 0.408 e. The van der Waals surface area contributed by atoms with Crippen LogP contribution >= 0.6 is 15.9 Å². The molecule has 4 rings (SSSR count). The van der Waals surface area contributed by atoms with Gasteiger partial charge in [-0.05, 0) is 44.8 Å². The van der Waals surface area contributed by atoms with Gasteiger partial charge in [0, 0.05) is 18.3 Å². The molecule has 0 unspecified atom stereocenters. The molecule has 0 saturated heterocycles. The number of rotatable bonds is 12. The number of aromatic amines is 1.